The minimum atomic E-state index is -0.120. The molecule has 0 unspecified atom stereocenters. The zero-order chi connectivity index (χ0) is 19.2. The van der Waals surface area contributed by atoms with Crippen LogP contribution in [0, 0.1) is 46.3 Å². The van der Waals surface area contributed by atoms with E-state index in [1.54, 1.807) is 0 Å². The molecule has 4 saturated carbocycles. The van der Waals surface area contributed by atoms with Crippen molar-refractivity contribution in [3.8, 4) is 0 Å². The van der Waals surface area contributed by atoms with Crippen LogP contribution in [0.3, 0.4) is 0 Å². The number of rotatable bonds is 4. The summed E-state index contributed by atoms with van der Waals surface area (Å²) in [5, 5.41) is 0. The molecule has 4 aliphatic carbocycles. The smallest absolute Gasteiger partial charge is 0.345 e. The Bertz CT molecular complexity index is 563. The van der Waals surface area contributed by atoms with E-state index in [4.69, 9.17) is 4.43 Å². The molecule has 0 aromatic rings. The van der Waals surface area contributed by atoms with E-state index in [-0.39, 0.29) is 5.97 Å². The van der Waals surface area contributed by atoms with E-state index in [0.717, 1.165) is 36.0 Å². The van der Waals surface area contributed by atoms with Crippen LogP contribution in [-0.4, -0.2) is 16.5 Å². The van der Waals surface area contributed by atoms with Crippen molar-refractivity contribution in [2.24, 2.45) is 46.3 Å². The van der Waals surface area contributed by atoms with Gasteiger partial charge >= 0.3 is 10.5 Å². The quantitative estimate of drug-likeness (QED) is 0.547. The second kappa shape index (κ2) is 7.50. The third-order valence-corrected chi connectivity index (χ3v) is 10.5. The Morgan fingerprint density at radius 2 is 1.78 bits per heavy atom. The van der Waals surface area contributed by atoms with Gasteiger partial charge in [-0.3, -0.25) is 4.79 Å². The third kappa shape index (κ3) is 3.24. The van der Waals surface area contributed by atoms with Crippen molar-refractivity contribution in [1.29, 1.82) is 0 Å². The van der Waals surface area contributed by atoms with Crippen LogP contribution in [0.4, 0.5) is 0 Å². The Balaban J connectivity index is 1.49. The molecule has 0 amide bonds. The highest BCUT2D eigenvalue weighted by Crippen LogP contribution is 2.68. The van der Waals surface area contributed by atoms with Crippen LogP contribution >= 0.6 is 0 Å². The van der Waals surface area contributed by atoms with Crippen molar-refractivity contribution in [3.05, 3.63) is 0 Å². The number of carbonyl (C=O) groups excluding carboxylic acids is 1. The fourth-order valence-corrected chi connectivity index (χ4v) is 8.97. The zero-order valence-corrected chi connectivity index (χ0v) is 18.8. The van der Waals surface area contributed by atoms with Crippen LogP contribution in [0.15, 0.2) is 0 Å². The molecule has 8 atom stereocenters. The summed E-state index contributed by atoms with van der Waals surface area (Å²) in [6, 6.07) is 0. The first-order chi connectivity index (χ1) is 12.9. The Labute approximate surface area is 170 Å². The molecule has 0 saturated heterocycles. The van der Waals surface area contributed by atoms with Crippen molar-refractivity contribution in [2.75, 3.05) is 0 Å². The molecule has 0 N–H and O–H groups in total. The predicted octanol–water partition coefficient (Wildman–Crippen LogP) is 6.08. The second-order valence-electron chi connectivity index (χ2n) is 11.1. The predicted molar refractivity (Wildman–Crippen MR) is 110 cm³/mol. The van der Waals surface area contributed by atoms with Crippen LogP contribution in [0.25, 0.3) is 0 Å². The molecule has 151 valence electrons. The Hall–Kier alpha value is -0.313. The zero-order valence-electron chi connectivity index (χ0n) is 17.8. The lowest BCUT2D eigenvalue weighted by molar-refractivity contribution is -0.134. The number of hydrogen-bond donors (Lipinski definition) is 0. The van der Waals surface area contributed by atoms with E-state index in [1.807, 2.05) is 0 Å². The van der Waals surface area contributed by atoms with Gasteiger partial charge in [0.2, 0.25) is 0 Å². The van der Waals surface area contributed by atoms with Gasteiger partial charge in [-0.15, -0.1) is 0 Å². The lowest BCUT2D eigenvalue weighted by atomic mass is 9.44. The van der Waals surface area contributed by atoms with Gasteiger partial charge in [-0.2, -0.15) is 0 Å². The van der Waals surface area contributed by atoms with Gasteiger partial charge in [0.15, 0.2) is 0 Å². The summed E-state index contributed by atoms with van der Waals surface area (Å²) in [5.41, 5.74) is 1.15. The summed E-state index contributed by atoms with van der Waals surface area (Å²) in [7, 11) is 2.88. The van der Waals surface area contributed by atoms with Crippen LogP contribution in [0.5, 0.6) is 0 Å². The van der Waals surface area contributed by atoms with Gasteiger partial charge in [-0.25, -0.2) is 0 Å². The van der Waals surface area contributed by atoms with Gasteiger partial charge in [-0.05, 0) is 104 Å². The van der Waals surface area contributed by atoms with Crippen molar-refractivity contribution < 1.29 is 9.22 Å². The summed E-state index contributed by atoms with van der Waals surface area (Å²) >= 11 is 0. The molecule has 4 fully saturated rings. The Morgan fingerprint density at radius 1 is 1.00 bits per heavy atom. The molecule has 4 rings (SSSR count). The van der Waals surface area contributed by atoms with Crippen molar-refractivity contribution in [1.82, 2.24) is 0 Å². The highest BCUT2D eigenvalue weighted by atomic mass is 28.2. The maximum absolute atomic E-state index is 11.6. The van der Waals surface area contributed by atoms with Crippen LogP contribution < -0.4 is 0 Å². The summed E-state index contributed by atoms with van der Waals surface area (Å²) < 4.78 is 4.69. The molecule has 3 heteroatoms. The minimum absolute atomic E-state index is 0.120. The lowest BCUT2D eigenvalue weighted by Gasteiger charge is -2.61. The first-order valence-corrected chi connectivity index (χ1v) is 12.2. The first kappa shape index (κ1) is 20.0. The largest absolute Gasteiger partial charge is 0.516 e. The highest BCUT2D eigenvalue weighted by Gasteiger charge is 2.60. The monoisotopic (exact) mass is 387 g/mol. The van der Waals surface area contributed by atoms with Gasteiger partial charge in [0, 0.05) is 6.42 Å². The Kier molecular flexibility index (Phi) is 5.55. The molecule has 2 nitrogen and oxygen atoms in total. The maximum atomic E-state index is 11.6. The van der Waals surface area contributed by atoms with Crippen LogP contribution in [0.2, 0.25) is 0 Å². The van der Waals surface area contributed by atoms with Gasteiger partial charge < -0.3 is 4.43 Å². The topological polar surface area (TPSA) is 26.3 Å². The normalized spacial score (nSPS) is 47.5. The molecule has 0 spiro atoms. The number of fused-ring (bicyclic) bond motifs is 5. The van der Waals surface area contributed by atoms with E-state index in [1.165, 1.54) is 64.2 Å². The van der Waals surface area contributed by atoms with Crippen LogP contribution in [-0.2, 0) is 9.22 Å². The number of carbonyl (C=O) groups is 1. The van der Waals surface area contributed by atoms with Gasteiger partial charge in [-0.1, -0.05) is 33.6 Å². The molecule has 0 aromatic carbocycles. The van der Waals surface area contributed by atoms with Gasteiger partial charge in [0.1, 0.15) is 0 Å². The molecule has 0 heterocycles. The van der Waals surface area contributed by atoms with Crippen molar-refractivity contribution in [3.63, 3.8) is 0 Å². The van der Waals surface area contributed by atoms with E-state index < -0.39 is 0 Å². The number of hydrogen-bond acceptors (Lipinski definition) is 2. The molecule has 0 bridgehead atoms. The second-order valence-corrected chi connectivity index (χ2v) is 11.3. The first-order valence-electron chi connectivity index (χ1n) is 11.8. The van der Waals surface area contributed by atoms with E-state index in [9.17, 15) is 4.79 Å². The summed E-state index contributed by atoms with van der Waals surface area (Å²) in [5.74, 6) is 5.23. The molecular weight excluding hydrogens is 348 g/mol. The molecular formula is C24H39O2Si. The van der Waals surface area contributed by atoms with Gasteiger partial charge in [0.25, 0.3) is 5.97 Å². The fourth-order valence-electron chi connectivity index (χ4n) is 8.87. The van der Waals surface area contributed by atoms with Crippen LogP contribution in [0.1, 0.15) is 97.8 Å². The van der Waals surface area contributed by atoms with E-state index in [0.29, 0.717) is 23.2 Å². The van der Waals surface area contributed by atoms with E-state index in [2.05, 4.69) is 31.3 Å². The Morgan fingerprint density at radius 3 is 2.56 bits per heavy atom. The summed E-state index contributed by atoms with van der Waals surface area (Å²) in [6.45, 7) is 7.70. The van der Waals surface area contributed by atoms with Crippen molar-refractivity contribution >= 4 is 16.5 Å². The summed E-state index contributed by atoms with van der Waals surface area (Å²) in [4.78, 5) is 11.6. The lowest BCUT2D eigenvalue weighted by Crippen LogP contribution is -2.53. The van der Waals surface area contributed by atoms with Gasteiger partial charge in [0.05, 0.1) is 0 Å². The maximum Gasteiger partial charge on any atom is 0.345 e. The third-order valence-electron chi connectivity index (χ3n) is 10.3. The summed E-state index contributed by atoms with van der Waals surface area (Å²) in [6.07, 6.45) is 16.2. The average molecular weight is 388 g/mol. The molecule has 27 heavy (non-hydrogen) atoms. The van der Waals surface area contributed by atoms with E-state index >= 15 is 0 Å². The average Bonchev–Trinajstić information content (AvgIpc) is 3.02. The molecule has 4 aliphatic rings. The SMILES string of the molecule is C[C@H](CCC(=O)O[Si])[C@H]1CC[C@H]2[C@@H]3CC[C@@H]4CCCC[C@]4(C)[C@H]3CC[C@]12C. The fraction of sp³-hybridized carbons (Fsp3) is 0.958. The molecule has 0 aromatic heterocycles. The van der Waals surface area contributed by atoms with Crippen molar-refractivity contribution in [2.45, 2.75) is 97.8 Å². The highest BCUT2D eigenvalue weighted by molar-refractivity contribution is 6.05. The molecule has 0 aliphatic heterocycles. The minimum Gasteiger partial charge on any atom is -0.516 e. The molecule has 3 radical (unpaired) electrons. The standard InChI is InChI=1S/C24H39O2Si/c1-16(7-12-22(25)26-27)19-10-11-20-18-9-8-17-6-4-5-14-23(17,2)21(18)13-15-24(19,20)3/h16-21H,4-15H2,1-3H3/t16-,17+,18+,19-,20+,21+,23+,24-/m1/s1.